The number of aromatic hydroxyl groups is 6. The van der Waals surface area contributed by atoms with Crippen LogP contribution in [0.3, 0.4) is 0 Å². The van der Waals surface area contributed by atoms with E-state index in [-0.39, 0.29) is 76.5 Å². The summed E-state index contributed by atoms with van der Waals surface area (Å²) in [6.45, 7) is 10.3. The van der Waals surface area contributed by atoms with E-state index in [9.17, 15) is 45.0 Å². The molecule has 2 atom stereocenters. The Kier molecular flexibility index (Phi) is 16.8. The average Bonchev–Trinajstić information content (AvgIpc) is 3.13. The Morgan fingerprint density at radius 1 is 0.660 bits per heavy atom. The highest BCUT2D eigenvalue weighted by Crippen LogP contribution is 2.31. The summed E-state index contributed by atoms with van der Waals surface area (Å²) in [5, 5.41) is 63.2. The van der Waals surface area contributed by atoms with Crippen molar-refractivity contribution in [3.8, 4) is 34.5 Å². The van der Waals surface area contributed by atoms with Gasteiger partial charge in [0.15, 0.2) is 17.3 Å². The van der Waals surface area contributed by atoms with Crippen LogP contribution in [-0.2, 0) is 9.59 Å². The average molecular weight is 731 g/mol. The Morgan fingerprint density at radius 3 is 1.55 bits per heavy atom. The van der Waals surface area contributed by atoms with Gasteiger partial charge < -0.3 is 47.0 Å². The van der Waals surface area contributed by atoms with Gasteiger partial charge in [0.25, 0.3) is 0 Å². The molecular weight excluding hydrogens is 680 g/mol. The van der Waals surface area contributed by atoms with Gasteiger partial charge in [-0.25, -0.2) is 0 Å². The van der Waals surface area contributed by atoms with Crippen LogP contribution in [0.15, 0.2) is 77.8 Å². The summed E-state index contributed by atoms with van der Waals surface area (Å²) in [4.78, 5) is 39.1. The number of nitrogens with two attached hydrogens (primary N) is 1. The molecule has 0 aliphatic rings. The fraction of sp³-hybridized carbons (Fsp3) is 0.300. The lowest BCUT2D eigenvalue weighted by Crippen LogP contribution is -2.31. The van der Waals surface area contributed by atoms with Gasteiger partial charge >= 0.3 is 0 Å². The maximum Gasteiger partial charge on any atom is 0.175 e. The first kappa shape index (κ1) is 43.1. The molecule has 13 nitrogen and oxygen atoms in total. The van der Waals surface area contributed by atoms with Gasteiger partial charge in [0.05, 0.1) is 30.7 Å². The number of anilines is 2. The van der Waals surface area contributed by atoms with Crippen LogP contribution in [0.5, 0.6) is 34.5 Å². The largest absolute Gasteiger partial charge is 0.508 e. The number of hydrogen-bond donors (Lipinski definition) is 9. The van der Waals surface area contributed by atoms with Crippen molar-refractivity contribution in [2.75, 3.05) is 23.7 Å². The van der Waals surface area contributed by atoms with E-state index in [0.29, 0.717) is 46.6 Å². The molecule has 0 radical (unpaired) electrons. The van der Waals surface area contributed by atoms with Crippen LogP contribution in [-0.4, -0.2) is 78.9 Å². The van der Waals surface area contributed by atoms with Crippen molar-refractivity contribution in [3.63, 3.8) is 0 Å². The van der Waals surface area contributed by atoms with Crippen molar-refractivity contribution in [2.45, 2.75) is 66.5 Å². The van der Waals surface area contributed by atoms with E-state index in [1.165, 1.54) is 18.2 Å². The van der Waals surface area contributed by atoms with Gasteiger partial charge in [-0.05, 0) is 82.6 Å². The van der Waals surface area contributed by atoms with Gasteiger partial charge in [-0.1, -0.05) is 26.0 Å². The Morgan fingerprint density at radius 2 is 1.11 bits per heavy atom. The molecule has 0 saturated heterocycles. The second-order valence-corrected chi connectivity index (χ2v) is 12.1. The van der Waals surface area contributed by atoms with Crippen molar-refractivity contribution < 1.29 is 45.0 Å². The second kappa shape index (κ2) is 20.7. The zero-order valence-electron chi connectivity index (χ0n) is 30.8. The van der Waals surface area contributed by atoms with Gasteiger partial charge in [-0.2, -0.15) is 0 Å². The molecule has 284 valence electrons. The lowest BCUT2D eigenvalue weighted by Gasteiger charge is -2.14. The molecule has 0 aliphatic heterocycles. The van der Waals surface area contributed by atoms with Crippen LogP contribution in [0.25, 0.3) is 0 Å². The third kappa shape index (κ3) is 12.9. The number of hydrogen-bond acceptors (Lipinski definition) is 13. The van der Waals surface area contributed by atoms with E-state index < -0.39 is 6.04 Å². The van der Waals surface area contributed by atoms with Gasteiger partial charge in [0.1, 0.15) is 34.5 Å². The van der Waals surface area contributed by atoms with Gasteiger partial charge in [-0.3, -0.25) is 19.4 Å². The van der Waals surface area contributed by atoms with Crippen molar-refractivity contribution >= 4 is 34.4 Å². The molecule has 0 unspecified atom stereocenters. The first-order valence-corrected chi connectivity index (χ1v) is 17.0. The van der Waals surface area contributed by atoms with E-state index in [4.69, 9.17) is 5.73 Å². The Balaban J connectivity index is 0.000000303. The van der Waals surface area contributed by atoms with E-state index in [2.05, 4.69) is 15.6 Å². The van der Waals surface area contributed by atoms with Gasteiger partial charge in [0.2, 0.25) is 0 Å². The minimum atomic E-state index is -0.478. The summed E-state index contributed by atoms with van der Waals surface area (Å²) in [6, 6.07) is 18.3. The van der Waals surface area contributed by atoms with Crippen LogP contribution < -0.4 is 16.4 Å². The van der Waals surface area contributed by atoms with E-state index >= 15 is 0 Å². The van der Waals surface area contributed by atoms with E-state index in [0.717, 1.165) is 0 Å². The first-order valence-electron chi connectivity index (χ1n) is 17.0. The monoisotopic (exact) mass is 730 g/mol. The molecule has 13 heteroatoms. The number of phenolic OH excluding ortho intramolecular Hbond substituents is 6. The number of rotatable bonds is 13. The predicted octanol–water partition coefficient (Wildman–Crippen LogP) is 6.10. The van der Waals surface area contributed by atoms with Crippen molar-refractivity contribution in [3.05, 3.63) is 95.1 Å². The number of ketones is 3. The first-order chi connectivity index (χ1) is 25.0. The number of aliphatic imine (C=N–C) groups is 1. The van der Waals surface area contributed by atoms with Crippen molar-refractivity contribution in [1.29, 1.82) is 0 Å². The molecule has 0 spiro atoms. The highest BCUT2D eigenvalue weighted by atomic mass is 16.3. The van der Waals surface area contributed by atoms with Gasteiger partial charge in [-0.15, -0.1) is 0 Å². The minimum absolute atomic E-state index is 0.00477. The summed E-state index contributed by atoms with van der Waals surface area (Å²) in [5.41, 5.74) is 8.70. The maximum absolute atomic E-state index is 12.4. The van der Waals surface area contributed by atoms with Crippen molar-refractivity contribution in [2.24, 2.45) is 10.7 Å². The number of nitrogens with one attached hydrogen (secondary N) is 2. The van der Waals surface area contributed by atoms with Crippen molar-refractivity contribution in [1.82, 2.24) is 0 Å². The molecule has 0 aromatic heterocycles. The lowest BCUT2D eigenvalue weighted by molar-refractivity contribution is -0.118. The third-order valence-corrected chi connectivity index (χ3v) is 8.12. The number of phenols is 6. The molecule has 53 heavy (non-hydrogen) atoms. The SMILES string of the molecule is CCC(=NCC(=O)[C@@H](C)Nc1cccc(O)c1)c1ccc(O)c(C)c1O.CCC(=O)c1ccc(O)c(C)c1O.C[C@@H](Nc1cccc(O)c1)C(=O)CN. The van der Waals surface area contributed by atoms with Crippen LogP contribution in [0.1, 0.15) is 67.6 Å². The number of carbonyl (C=O) groups excluding carboxylic acids is 3. The molecule has 4 aromatic rings. The van der Waals surface area contributed by atoms with E-state index in [1.807, 2.05) is 6.92 Å². The number of carbonyl (C=O) groups is 3. The molecule has 0 aliphatic carbocycles. The van der Waals surface area contributed by atoms with Crippen LogP contribution >= 0.6 is 0 Å². The highest BCUT2D eigenvalue weighted by molar-refractivity contribution is 6.04. The summed E-state index contributed by atoms with van der Waals surface area (Å²) < 4.78 is 0. The number of benzene rings is 4. The lowest BCUT2D eigenvalue weighted by atomic mass is 10.0. The summed E-state index contributed by atoms with van der Waals surface area (Å²) in [6.07, 6.45) is 0.886. The molecule has 0 amide bonds. The molecule has 4 rings (SSSR count). The fourth-order valence-corrected chi connectivity index (χ4v) is 4.75. The van der Waals surface area contributed by atoms with Crippen LogP contribution in [0, 0.1) is 13.8 Å². The summed E-state index contributed by atoms with van der Waals surface area (Å²) in [7, 11) is 0. The normalized spacial score (nSPS) is 11.9. The molecule has 0 heterocycles. The van der Waals surface area contributed by atoms with Crippen LogP contribution in [0.2, 0.25) is 0 Å². The number of nitrogens with zero attached hydrogens (tertiary/aromatic N) is 1. The van der Waals surface area contributed by atoms with E-state index in [1.54, 1.807) is 89.2 Å². The Bertz CT molecular complexity index is 1910. The topological polar surface area (TPSA) is 235 Å². The van der Waals surface area contributed by atoms with Crippen LogP contribution in [0.4, 0.5) is 11.4 Å². The van der Waals surface area contributed by atoms with Gasteiger partial charge in [0, 0.05) is 52.3 Å². The molecular formula is C40H50N4O9. The summed E-state index contributed by atoms with van der Waals surface area (Å²) >= 11 is 0. The fourth-order valence-electron chi connectivity index (χ4n) is 4.75. The highest BCUT2D eigenvalue weighted by Gasteiger charge is 2.16. The molecule has 0 bridgehead atoms. The predicted molar refractivity (Wildman–Crippen MR) is 207 cm³/mol. The third-order valence-electron chi connectivity index (χ3n) is 8.12. The summed E-state index contributed by atoms with van der Waals surface area (Å²) in [5.74, 6) is -0.132. The minimum Gasteiger partial charge on any atom is -0.508 e. The quantitative estimate of drug-likeness (QED) is 0.0561. The smallest absolute Gasteiger partial charge is 0.175 e. The number of Topliss-reactive ketones (excluding diaryl/α,β-unsaturated/α-hetero) is 3. The zero-order chi connectivity index (χ0) is 39.8. The molecule has 4 aromatic carbocycles. The maximum atomic E-state index is 12.4. The molecule has 0 saturated carbocycles. The Labute approximate surface area is 309 Å². The second-order valence-electron chi connectivity index (χ2n) is 12.1. The standard InChI is InChI=1S/C20H24N2O4.C10H14N2O2.C10H12O3/c1-4-17(16-8-9-18(24)12(2)20(16)26)21-11-19(25)13(3)22-14-6-5-7-15(23)10-14;1-7(10(14)6-11)12-8-3-2-4-9(13)5-8;1-3-8(11)7-4-5-9(12)6(2)10(7)13/h5-10,13,22-24,26H,4,11H2,1-3H3;2-5,7,12-13H,6,11H2,1H3;4-5,12-13H,3H2,1-2H3/t13-;7-;/m11./s1. The molecule has 0 fully saturated rings. The molecule has 10 N–H and O–H groups in total. The zero-order valence-corrected chi connectivity index (χ0v) is 30.8. The Hall–Kier alpha value is -6.08.